The molecule has 0 atom stereocenters. The fourth-order valence-corrected chi connectivity index (χ4v) is 2.95. The van der Waals surface area contributed by atoms with Gasteiger partial charge >= 0.3 is 0 Å². The summed E-state index contributed by atoms with van der Waals surface area (Å²) in [5.74, 6) is -0.405. The molecule has 0 radical (unpaired) electrons. The first-order chi connectivity index (χ1) is 11.6. The number of aryl methyl sites for hydroxylation is 2. The van der Waals surface area contributed by atoms with Crippen molar-refractivity contribution in [1.29, 1.82) is 0 Å². The summed E-state index contributed by atoms with van der Waals surface area (Å²) in [5.41, 5.74) is 3.36. The van der Waals surface area contributed by atoms with E-state index in [0.717, 1.165) is 42.7 Å². The maximum Gasteiger partial charge on any atom is 0.274 e. The average Bonchev–Trinajstić information content (AvgIpc) is 3.12. The lowest BCUT2D eigenvalue weighted by Crippen LogP contribution is -2.29. The summed E-state index contributed by atoms with van der Waals surface area (Å²) in [6.07, 6.45) is 2.05. The number of carbonyl (C=O) groups is 2. The standard InChI is InChI=1S/C19H21N3O2/c1-13-7-5-8-14(2)17(13)21-18(23)15-9-6-10-16(20-15)19(24)22-11-3-4-12-22/h5-10H,3-4,11-12H2,1-2H3,(H,21,23). The molecule has 2 heterocycles. The Balaban J connectivity index is 1.80. The Morgan fingerprint density at radius 3 is 2.21 bits per heavy atom. The number of carbonyl (C=O) groups excluding carboxylic acids is 2. The Bertz CT molecular complexity index is 760. The number of hydrogen-bond donors (Lipinski definition) is 1. The molecule has 0 saturated carbocycles. The molecule has 1 aliphatic rings. The molecule has 24 heavy (non-hydrogen) atoms. The molecule has 1 N–H and O–H groups in total. The van der Waals surface area contributed by atoms with Gasteiger partial charge in [0.25, 0.3) is 11.8 Å². The van der Waals surface area contributed by atoms with Crippen LogP contribution in [0.25, 0.3) is 0 Å². The molecule has 1 saturated heterocycles. The number of anilines is 1. The van der Waals surface area contributed by atoms with Crippen molar-refractivity contribution >= 4 is 17.5 Å². The SMILES string of the molecule is Cc1cccc(C)c1NC(=O)c1cccc(C(=O)N2CCCC2)n1. The van der Waals surface area contributed by atoms with E-state index in [1.165, 1.54) is 0 Å². The van der Waals surface area contributed by atoms with Gasteiger partial charge in [-0.3, -0.25) is 9.59 Å². The fourth-order valence-electron chi connectivity index (χ4n) is 2.95. The highest BCUT2D eigenvalue weighted by molar-refractivity contribution is 6.04. The van der Waals surface area contributed by atoms with Crippen LogP contribution in [0.1, 0.15) is 44.9 Å². The third kappa shape index (κ3) is 3.30. The zero-order chi connectivity index (χ0) is 17.1. The molecule has 1 aromatic heterocycles. The van der Waals surface area contributed by atoms with Crippen LogP contribution in [-0.2, 0) is 0 Å². The Kier molecular flexibility index (Phi) is 4.60. The van der Waals surface area contributed by atoms with Crippen molar-refractivity contribution < 1.29 is 9.59 Å². The third-order valence-corrected chi connectivity index (χ3v) is 4.31. The van der Waals surface area contributed by atoms with Crippen molar-refractivity contribution in [2.24, 2.45) is 0 Å². The summed E-state index contributed by atoms with van der Waals surface area (Å²) in [5, 5.41) is 2.90. The summed E-state index contributed by atoms with van der Waals surface area (Å²) in [4.78, 5) is 31.0. The Hall–Kier alpha value is -2.69. The predicted molar refractivity (Wildman–Crippen MR) is 93.2 cm³/mol. The monoisotopic (exact) mass is 323 g/mol. The van der Waals surface area contributed by atoms with E-state index in [9.17, 15) is 9.59 Å². The first-order valence-electron chi connectivity index (χ1n) is 8.20. The van der Waals surface area contributed by atoms with E-state index in [0.29, 0.717) is 5.69 Å². The van der Waals surface area contributed by atoms with Gasteiger partial charge in [0.15, 0.2) is 0 Å². The van der Waals surface area contributed by atoms with Crippen molar-refractivity contribution in [2.45, 2.75) is 26.7 Å². The molecule has 1 aliphatic heterocycles. The van der Waals surface area contributed by atoms with Crippen LogP contribution in [0.3, 0.4) is 0 Å². The summed E-state index contributed by atoms with van der Waals surface area (Å²) >= 11 is 0. The quantitative estimate of drug-likeness (QED) is 0.943. The first-order valence-corrected chi connectivity index (χ1v) is 8.20. The number of likely N-dealkylation sites (tertiary alicyclic amines) is 1. The molecule has 0 spiro atoms. The Labute approximate surface area is 141 Å². The van der Waals surface area contributed by atoms with Crippen molar-refractivity contribution in [3.8, 4) is 0 Å². The second-order valence-corrected chi connectivity index (χ2v) is 6.13. The largest absolute Gasteiger partial charge is 0.337 e. The smallest absolute Gasteiger partial charge is 0.274 e. The molecule has 0 unspecified atom stereocenters. The van der Waals surface area contributed by atoms with Gasteiger partial charge in [-0.2, -0.15) is 0 Å². The molecular weight excluding hydrogens is 302 g/mol. The van der Waals surface area contributed by atoms with Gasteiger partial charge in [0.2, 0.25) is 0 Å². The average molecular weight is 323 g/mol. The van der Waals surface area contributed by atoms with Crippen molar-refractivity contribution in [1.82, 2.24) is 9.88 Å². The maximum absolute atomic E-state index is 12.5. The van der Waals surface area contributed by atoms with E-state index in [1.54, 1.807) is 23.1 Å². The number of rotatable bonds is 3. The van der Waals surface area contributed by atoms with Crippen LogP contribution < -0.4 is 5.32 Å². The van der Waals surface area contributed by atoms with Crippen LogP contribution in [0, 0.1) is 13.8 Å². The highest BCUT2D eigenvalue weighted by atomic mass is 16.2. The molecule has 2 amide bonds. The van der Waals surface area contributed by atoms with Crippen LogP contribution in [0.4, 0.5) is 5.69 Å². The van der Waals surface area contributed by atoms with Gasteiger partial charge in [-0.25, -0.2) is 4.98 Å². The van der Waals surface area contributed by atoms with E-state index in [1.807, 2.05) is 32.0 Å². The minimum atomic E-state index is -0.302. The van der Waals surface area contributed by atoms with E-state index < -0.39 is 0 Å². The second kappa shape index (κ2) is 6.83. The number of hydrogen-bond acceptors (Lipinski definition) is 3. The topological polar surface area (TPSA) is 62.3 Å². The summed E-state index contributed by atoms with van der Waals surface area (Å²) in [7, 11) is 0. The highest BCUT2D eigenvalue weighted by Crippen LogP contribution is 2.20. The van der Waals surface area contributed by atoms with E-state index in [-0.39, 0.29) is 17.5 Å². The zero-order valence-corrected chi connectivity index (χ0v) is 14.0. The number of nitrogens with one attached hydrogen (secondary N) is 1. The minimum absolute atomic E-state index is 0.103. The molecule has 1 fully saturated rings. The summed E-state index contributed by atoms with van der Waals surface area (Å²) < 4.78 is 0. The van der Waals surface area contributed by atoms with Gasteiger partial charge in [-0.15, -0.1) is 0 Å². The molecule has 124 valence electrons. The predicted octanol–water partition coefficient (Wildman–Crippen LogP) is 3.19. The molecular formula is C19H21N3O2. The fraction of sp³-hybridized carbons (Fsp3) is 0.316. The Morgan fingerprint density at radius 1 is 0.958 bits per heavy atom. The van der Waals surface area contributed by atoms with Crippen LogP contribution in [-0.4, -0.2) is 34.8 Å². The first kappa shape index (κ1) is 16.2. The number of benzene rings is 1. The van der Waals surface area contributed by atoms with Gasteiger partial charge in [0, 0.05) is 18.8 Å². The number of para-hydroxylation sites is 1. The molecule has 2 aromatic rings. The molecule has 5 heteroatoms. The van der Waals surface area contributed by atoms with E-state index in [4.69, 9.17) is 0 Å². The van der Waals surface area contributed by atoms with Gasteiger partial charge in [-0.1, -0.05) is 24.3 Å². The molecule has 3 rings (SSSR count). The number of aromatic nitrogens is 1. The van der Waals surface area contributed by atoms with Gasteiger partial charge in [0.1, 0.15) is 11.4 Å². The Morgan fingerprint density at radius 2 is 1.54 bits per heavy atom. The van der Waals surface area contributed by atoms with Gasteiger partial charge < -0.3 is 10.2 Å². The van der Waals surface area contributed by atoms with Gasteiger partial charge in [-0.05, 0) is 49.9 Å². The normalized spacial score (nSPS) is 13.8. The van der Waals surface area contributed by atoms with Crippen molar-refractivity contribution in [3.05, 3.63) is 58.9 Å². The van der Waals surface area contributed by atoms with E-state index in [2.05, 4.69) is 10.3 Å². The van der Waals surface area contributed by atoms with Crippen molar-refractivity contribution in [2.75, 3.05) is 18.4 Å². The number of nitrogens with zero attached hydrogens (tertiary/aromatic N) is 2. The van der Waals surface area contributed by atoms with Crippen LogP contribution in [0.2, 0.25) is 0 Å². The van der Waals surface area contributed by atoms with Crippen LogP contribution in [0.15, 0.2) is 36.4 Å². The van der Waals surface area contributed by atoms with E-state index >= 15 is 0 Å². The summed E-state index contributed by atoms with van der Waals surface area (Å²) in [6.45, 7) is 5.42. The molecule has 0 aliphatic carbocycles. The number of pyridine rings is 1. The van der Waals surface area contributed by atoms with Crippen molar-refractivity contribution in [3.63, 3.8) is 0 Å². The maximum atomic E-state index is 12.5. The molecule has 1 aromatic carbocycles. The highest BCUT2D eigenvalue weighted by Gasteiger charge is 2.21. The zero-order valence-electron chi connectivity index (χ0n) is 14.0. The lowest BCUT2D eigenvalue weighted by atomic mass is 10.1. The minimum Gasteiger partial charge on any atom is -0.337 e. The number of amides is 2. The van der Waals surface area contributed by atoms with Crippen LogP contribution >= 0.6 is 0 Å². The van der Waals surface area contributed by atoms with Crippen LogP contribution in [0.5, 0.6) is 0 Å². The molecule has 5 nitrogen and oxygen atoms in total. The van der Waals surface area contributed by atoms with Gasteiger partial charge in [0.05, 0.1) is 0 Å². The lowest BCUT2D eigenvalue weighted by Gasteiger charge is -2.15. The second-order valence-electron chi connectivity index (χ2n) is 6.13. The molecule has 0 bridgehead atoms. The lowest BCUT2D eigenvalue weighted by molar-refractivity contribution is 0.0787. The third-order valence-electron chi connectivity index (χ3n) is 4.31. The summed E-state index contributed by atoms with van der Waals surface area (Å²) in [6, 6.07) is 10.8.